The van der Waals surface area contributed by atoms with E-state index in [2.05, 4.69) is 252 Å². The Bertz CT molecular complexity index is 3270. The number of nitrogens with zero attached hydrogens (tertiary/aromatic N) is 2. The Labute approximate surface area is 360 Å². The van der Waals surface area contributed by atoms with E-state index in [1.807, 2.05) is 11.3 Å². The van der Waals surface area contributed by atoms with Crippen LogP contribution in [0.1, 0.15) is 0 Å². The van der Waals surface area contributed by atoms with E-state index >= 15 is 0 Å². The van der Waals surface area contributed by atoms with Crippen LogP contribution in [-0.4, -0.2) is 0 Å². The summed E-state index contributed by atoms with van der Waals surface area (Å²) < 4.78 is 2.49. The number of hydrogen-bond acceptors (Lipinski definition) is 3. The van der Waals surface area contributed by atoms with Crippen LogP contribution in [0.3, 0.4) is 0 Å². The predicted octanol–water partition coefficient (Wildman–Crippen LogP) is 17.1. The predicted molar refractivity (Wildman–Crippen MR) is 263 cm³/mol. The van der Waals surface area contributed by atoms with E-state index in [4.69, 9.17) is 0 Å². The molecule has 2 nitrogen and oxygen atoms in total. The van der Waals surface area contributed by atoms with Crippen molar-refractivity contribution in [3.8, 4) is 33.4 Å². The molecule has 0 unspecified atom stereocenters. The van der Waals surface area contributed by atoms with Gasteiger partial charge in [-0.25, -0.2) is 0 Å². The molecular weight excluding hydrogens is 757 g/mol. The van der Waals surface area contributed by atoms with Crippen molar-refractivity contribution in [1.29, 1.82) is 0 Å². The number of thiophene rings is 1. The summed E-state index contributed by atoms with van der Waals surface area (Å²) in [5.41, 5.74) is 13.7. The summed E-state index contributed by atoms with van der Waals surface area (Å²) in [5.74, 6) is 0. The maximum absolute atomic E-state index is 2.44. The van der Waals surface area contributed by atoms with Crippen molar-refractivity contribution >= 4 is 76.4 Å². The van der Waals surface area contributed by atoms with Crippen LogP contribution in [0.25, 0.3) is 64.3 Å². The van der Waals surface area contributed by atoms with Crippen molar-refractivity contribution in [1.82, 2.24) is 0 Å². The Kier molecular flexibility index (Phi) is 9.42. The van der Waals surface area contributed by atoms with Crippen molar-refractivity contribution in [3.63, 3.8) is 0 Å². The number of fused-ring (bicyclic) bond motifs is 4. The highest BCUT2D eigenvalue weighted by atomic mass is 32.1. The van der Waals surface area contributed by atoms with Gasteiger partial charge in [0.2, 0.25) is 0 Å². The second kappa shape index (κ2) is 15.8. The van der Waals surface area contributed by atoms with Crippen LogP contribution in [0.4, 0.5) is 34.1 Å². The van der Waals surface area contributed by atoms with Crippen LogP contribution in [-0.2, 0) is 0 Å². The van der Waals surface area contributed by atoms with Gasteiger partial charge in [-0.3, -0.25) is 0 Å². The molecule has 0 fully saturated rings. The fraction of sp³-hybridized carbons (Fsp3) is 0. The first-order chi connectivity index (χ1) is 30.2. The number of para-hydroxylation sites is 1. The molecule has 0 spiro atoms. The Balaban J connectivity index is 1.17. The lowest BCUT2D eigenvalue weighted by molar-refractivity contribution is 1.26. The van der Waals surface area contributed by atoms with Gasteiger partial charge in [-0.1, -0.05) is 170 Å². The van der Waals surface area contributed by atoms with Crippen LogP contribution < -0.4 is 9.80 Å². The zero-order valence-electron chi connectivity index (χ0n) is 33.4. The third kappa shape index (κ3) is 7.01. The zero-order valence-corrected chi connectivity index (χ0v) is 34.2. The van der Waals surface area contributed by atoms with Crippen molar-refractivity contribution < 1.29 is 0 Å². The first-order valence-corrected chi connectivity index (χ1v) is 21.6. The molecule has 11 aromatic rings. The highest BCUT2D eigenvalue weighted by molar-refractivity contribution is 7.26. The Hall–Kier alpha value is -7.72. The molecule has 0 amide bonds. The van der Waals surface area contributed by atoms with Gasteiger partial charge in [0.1, 0.15) is 0 Å². The fourth-order valence-corrected chi connectivity index (χ4v) is 9.82. The SMILES string of the molecule is c1ccc(-c2ccc(N(c3cccc(-c4ccccc4)c3)c3cc(N(c4ccccc4)c4ccc(-c5ccccc5)cc4)c4c(c3)sc3cc5ccccc5cc34)cc2)cc1. The van der Waals surface area contributed by atoms with Crippen LogP contribution >= 0.6 is 11.3 Å². The average Bonchev–Trinajstić information content (AvgIpc) is 3.70. The molecule has 0 saturated carbocycles. The highest BCUT2D eigenvalue weighted by Crippen LogP contribution is 2.50. The topological polar surface area (TPSA) is 6.48 Å². The highest BCUT2D eigenvalue weighted by Gasteiger charge is 2.23. The van der Waals surface area contributed by atoms with Gasteiger partial charge in [-0.05, 0) is 117 Å². The van der Waals surface area contributed by atoms with Crippen LogP contribution in [0, 0.1) is 0 Å². The largest absolute Gasteiger partial charge is 0.310 e. The molecule has 11 rings (SSSR count). The first kappa shape index (κ1) is 36.4. The molecule has 0 aliphatic heterocycles. The van der Waals surface area contributed by atoms with E-state index < -0.39 is 0 Å². The van der Waals surface area contributed by atoms with Gasteiger partial charge in [0, 0.05) is 48.6 Å². The van der Waals surface area contributed by atoms with E-state index in [-0.39, 0.29) is 0 Å². The molecule has 1 heterocycles. The van der Waals surface area contributed by atoms with Crippen molar-refractivity contribution in [3.05, 3.63) is 243 Å². The number of hydrogen-bond donors (Lipinski definition) is 0. The van der Waals surface area contributed by atoms with E-state index in [0.717, 1.165) is 34.1 Å². The standard InChI is InChI=1S/C58H40N2S/c1-5-16-41(17-6-1)44-28-32-50(33-29-44)59(52-27-15-24-46(36-52)43-20-9-3-10-21-43)53-39-55(58-54-37-47-22-13-14-23-48(47)38-56(54)61-57(58)40-53)60(49-25-11-4-12-26-49)51-34-30-45(31-35-51)42-18-7-2-8-19-42/h1-40H. The van der Waals surface area contributed by atoms with E-state index in [1.54, 1.807) is 0 Å². The average molecular weight is 797 g/mol. The first-order valence-electron chi connectivity index (χ1n) is 20.7. The lowest BCUT2D eigenvalue weighted by atomic mass is 10.0. The van der Waals surface area contributed by atoms with Crippen LogP contribution in [0.2, 0.25) is 0 Å². The molecule has 0 saturated heterocycles. The molecule has 10 aromatic carbocycles. The molecule has 0 N–H and O–H groups in total. The third-order valence-corrected chi connectivity index (χ3v) is 12.7. The van der Waals surface area contributed by atoms with Gasteiger partial charge in [-0.15, -0.1) is 11.3 Å². The lowest BCUT2D eigenvalue weighted by Gasteiger charge is -2.30. The summed E-state index contributed by atoms with van der Waals surface area (Å²) in [6.45, 7) is 0. The van der Waals surface area contributed by atoms with Gasteiger partial charge in [0.15, 0.2) is 0 Å². The smallest absolute Gasteiger partial charge is 0.0575 e. The lowest BCUT2D eigenvalue weighted by Crippen LogP contribution is -2.13. The Morgan fingerprint density at radius 1 is 0.262 bits per heavy atom. The van der Waals surface area contributed by atoms with E-state index in [1.165, 1.54) is 64.3 Å². The molecule has 0 bridgehead atoms. The summed E-state index contributed by atoms with van der Waals surface area (Å²) in [6.07, 6.45) is 0. The quantitative estimate of drug-likeness (QED) is 0.144. The Morgan fingerprint density at radius 2 is 0.705 bits per heavy atom. The summed E-state index contributed by atoms with van der Waals surface area (Å²) in [6, 6.07) is 87.9. The fourth-order valence-electron chi connectivity index (χ4n) is 8.63. The molecule has 0 aliphatic carbocycles. The maximum Gasteiger partial charge on any atom is 0.0575 e. The van der Waals surface area contributed by atoms with Crippen LogP contribution in [0.5, 0.6) is 0 Å². The summed E-state index contributed by atoms with van der Waals surface area (Å²) in [5, 5.41) is 4.98. The minimum absolute atomic E-state index is 1.08. The summed E-state index contributed by atoms with van der Waals surface area (Å²) in [4.78, 5) is 4.87. The molecule has 0 atom stereocenters. The number of benzene rings is 10. The molecule has 0 aliphatic rings. The third-order valence-electron chi connectivity index (χ3n) is 11.6. The molecule has 61 heavy (non-hydrogen) atoms. The van der Waals surface area contributed by atoms with E-state index in [9.17, 15) is 0 Å². The van der Waals surface area contributed by atoms with Gasteiger partial charge in [0.05, 0.1) is 5.69 Å². The van der Waals surface area contributed by atoms with Gasteiger partial charge >= 0.3 is 0 Å². The summed E-state index contributed by atoms with van der Waals surface area (Å²) >= 11 is 1.87. The second-order valence-corrected chi connectivity index (χ2v) is 16.5. The van der Waals surface area contributed by atoms with Crippen LogP contribution in [0.15, 0.2) is 243 Å². The summed E-state index contributed by atoms with van der Waals surface area (Å²) in [7, 11) is 0. The van der Waals surface area contributed by atoms with Gasteiger partial charge < -0.3 is 9.80 Å². The molecule has 1 aromatic heterocycles. The minimum Gasteiger partial charge on any atom is -0.310 e. The molecular formula is C58H40N2S. The Morgan fingerprint density at radius 3 is 1.30 bits per heavy atom. The van der Waals surface area contributed by atoms with Gasteiger partial charge in [-0.2, -0.15) is 0 Å². The minimum atomic E-state index is 1.08. The molecule has 0 radical (unpaired) electrons. The number of rotatable bonds is 9. The van der Waals surface area contributed by atoms with E-state index in [0.29, 0.717) is 0 Å². The monoisotopic (exact) mass is 796 g/mol. The maximum atomic E-state index is 2.44. The zero-order chi connectivity index (χ0) is 40.5. The second-order valence-electron chi connectivity index (χ2n) is 15.4. The molecule has 288 valence electrons. The molecule has 3 heteroatoms. The normalized spacial score (nSPS) is 11.3. The van der Waals surface area contributed by atoms with Crippen molar-refractivity contribution in [2.75, 3.05) is 9.80 Å². The van der Waals surface area contributed by atoms with Gasteiger partial charge in [0.25, 0.3) is 0 Å². The van der Waals surface area contributed by atoms with Crippen molar-refractivity contribution in [2.45, 2.75) is 0 Å². The number of anilines is 6. The van der Waals surface area contributed by atoms with Crippen molar-refractivity contribution in [2.24, 2.45) is 0 Å².